The van der Waals surface area contributed by atoms with Crippen LogP contribution in [0.3, 0.4) is 0 Å². The summed E-state index contributed by atoms with van der Waals surface area (Å²) in [6.45, 7) is 4.27. The Kier molecular flexibility index (Phi) is 11.5. The molecule has 3 aliphatic heterocycles. The van der Waals surface area contributed by atoms with Crippen molar-refractivity contribution in [2.45, 2.75) is 56.7 Å². The SMILES string of the molecule is Nc1cnn(C2CCOCC2)c1Cl.O=[N+]([O-])c1cnn(C2CCOCC2)c1.O=[N+]([O-])c1cnn(C2CCOCC2)c1Cl. The third-order valence-corrected chi connectivity index (χ3v) is 7.87. The zero-order valence-corrected chi connectivity index (χ0v) is 24.3. The van der Waals surface area contributed by atoms with Crippen molar-refractivity contribution in [3.63, 3.8) is 0 Å². The molecule has 0 spiro atoms. The molecule has 6 rings (SSSR count). The van der Waals surface area contributed by atoms with Crippen LogP contribution in [0.1, 0.15) is 56.7 Å². The summed E-state index contributed by atoms with van der Waals surface area (Å²) in [7, 11) is 0. The van der Waals surface area contributed by atoms with Gasteiger partial charge in [0.1, 0.15) is 23.7 Å². The van der Waals surface area contributed by atoms with Gasteiger partial charge in [0, 0.05) is 39.6 Å². The first-order chi connectivity index (χ1) is 20.3. The standard InChI is InChI=1S/C8H10ClN3O3.C8H12ClN3O.C8H11N3O3/c9-8-7(12(13)14)5-10-11(8)6-1-3-15-4-2-6;9-8-7(10)5-11-12(8)6-1-3-13-4-2-6;12-11(13)8-5-9-10(6-8)7-1-3-14-4-2-7/h5-6H,1-4H2;5-6H,1-4,10H2;5-7H,1-4H2. The van der Waals surface area contributed by atoms with E-state index in [9.17, 15) is 20.2 Å². The molecular weight excluding hydrogens is 597 g/mol. The number of halogens is 2. The van der Waals surface area contributed by atoms with Gasteiger partial charge in [0.05, 0.1) is 39.9 Å². The summed E-state index contributed by atoms with van der Waals surface area (Å²) in [5.74, 6) is 0. The quantitative estimate of drug-likeness (QED) is 0.310. The molecule has 2 N–H and O–H groups in total. The summed E-state index contributed by atoms with van der Waals surface area (Å²) < 4.78 is 20.6. The van der Waals surface area contributed by atoms with Gasteiger partial charge in [-0.15, -0.1) is 0 Å². The molecule has 18 heteroatoms. The molecule has 0 aromatic carbocycles. The summed E-state index contributed by atoms with van der Waals surface area (Å²) in [5.41, 5.74) is 6.07. The molecule has 3 saturated heterocycles. The van der Waals surface area contributed by atoms with E-state index in [-0.39, 0.29) is 28.6 Å². The molecule has 3 aliphatic rings. The molecular formula is C24H33Cl2N9O7. The highest BCUT2D eigenvalue weighted by atomic mass is 35.5. The van der Waals surface area contributed by atoms with Crippen molar-refractivity contribution in [2.75, 3.05) is 45.4 Å². The van der Waals surface area contributed by atoms with Crippen LogP contribution < -0.4 is 5.73 Å². The van der Waals surface area contributed by atoms with E-state index in [2.05, 4.69) is 15.3 Å². The van der Waals surface area contributed by atoms with Crippen molar-refractivity contribution in [2.24, 2.45) is 0 Å². The molecule has 0 unspecified atom stereocenters. The fourth-order valence-corrected chi connectivity index (χ4v) is 5.29. The Hall–Kier alpha value is -3.31. The van der Waals surface area contributed by atoms with Crippen LogP contribution >= 0.6 is 23.2 Å². The summed E-state index contributed by atoms with van der Waals surface area (Å²) in [4.78, 5) is 20.0. The smallest absolute Gasteiger partial charge is 0.325 e. The van der Waals surface area contributed by atoms with Gasteiger partial charge in [-0.2, -0.15) is 15.3 Å². The van der Waals surface area contributed by atoms with Crippen LogP contribution in [0.25, 0.3) is 0 Å². The van der Waals surface area contributed by atoms with Crippen LogP contribution in [-0.4, -0.2) is 78.8 Å². The first-order valence-corrected chi connectivity index (χ1v) is 14.3. The lowest BCUT2D eigenvalue weighted by Crippen LogP contribution is -2.20. The second-order valence-electron chi connectivity index (χ2n) is 9.82. The average molecular weight is 630 g/mol. The molecule has 16 nitrogen and oxygen atoms in total. The summed E-state index contributed by atoms with van der Waals surface area (Å²) in [6.07, 6.45) is 10.8. The van der Waals surface area contributed by atoms with Gasteiger partial charge in [-0.1, -0.05) is 23.2 Å². The Labute approximate surface area is 250 Å². The Morgan fingerprint density at radius 1 is 0.714 bits per heavy atom. The van der Waals surface area contributed by atoms with Crippen molar-refractivity contribution in [1.82, 2.24) is 29.3 Å². The van der Waals surface area contributed by atoms with E-state index in [1.165, 1.54) is 23.3 Å². The number of aromatic nitrogens is 6. The number of hydrogen-bond donors (Lipinski definition) is 1. The van der Waals surface area contributed by atoms with Crippen LogP contribution in [0.4, 0.5) is 17.1 Å². The highest BCUT2D eigenvalue weighted by Crippen LogP contribution is 2.30. The zero-order chi connectivity index (χ0) is 30.1. The number of nitrogens with two attached hydrogens (primary N) is 1. The van der Waals surface area contributed by atoms with Gasteiger partial charge < -0.3 is 19.9 Å². The van der Waals surface area contributed by atoms with Gasteiger partial charge in [-0.25, -0.2) is 9.36 Å². The molecule has 3 fully saturated rings. The second kappa shape index (κ2) is 15.2. The molecule has 0 radical (unpaired) electrons. The first kappa shape index (κ1) is 31.6. The van der Waals surface area contributed by atoms with Crippen LogP contribution in [0.5, 0.6) is 0 Å². The third-order valence-electron chi connectivity index (χ3n) is 7.11. The fourth-order valence-electron chi connectivity index (χ4n) is 4.76. The topological polar surface area (TPSA) is 193 Å². The monoisotopic (exact) mass is 629 g/mol. The lowest BCUT2D eigenvalue weighted by molar-refractivity contribution is -0.385. The summed E-state index contributed by atoms with van der Waals surface area (Å²) >= 11 is 11.8. The number of ether oxygens (including phenoxy) is 3. The molecule has 0 bridgehead atoms. The van der Waals surface area contributed by atoms with Gasteiger partial charge in [0.2, 0.25) is 5.15 Å². The lowest BCUT2D eigenvalue weighted by Gasteiger charge is -2.22. The molecule has 3 aromatic rings. The minimum absolute atomic E-state index is 0.0523. The maximum Gasteiger partial charge on any atom is 0.325 e. The minimum atomic E-state index is -0.523. The number of hydrogen-bond acceptors (Lipinski definition) is 11. The predicted molar refractivity (Wildman–Crippen MR) is 152 cm³/mol. The second-order valence-corrected chi connectivity index (χ2v) is 10.5. The highest BCUT2D eigenvalue weighted by molar-refractivity contribution is 6.32. The molecule has 0 atom stereocenters. The maximum absolute atomic E-state index is 10.6. The molecule has 230 valence electrons. The van der Waals surface area contributed by atoms with Gasteiger partial charge in [0.15, 0.2) is 0 Å². The zero-order valence-electron chi connectivity index (χ0n) is 22.8. The van der Waals surface area contributed by atoms with Crippen molar-refractivity contribution in [3.05, 3.63) is 55.3 Å². The van der Waals surface area contributed by atoms with Crippen molar-refractivity contribution >= 4 is 40.3 Å². The van der Waals surface area contributed by atoms with Gasteiger partial charge in [-0.05, 0) is 38.5 Å². The van der Waals surface area contributed by atoms with E-state index < -0.39 is 9.85 Å². The molecule has 0 aliphatic carbocycles. The Bertz CT molecular complexity index is 1310. The van der Waals surface area contributed by atoms with Gasteiger partial charge >= 0.3 is 11.4 Å². The van der Waals surface area contributed by atoms with E-state index in [0.717, 1.165) is 51.7 Å². The van der Waals surface area contributed by atoms with E-state index >= 15 is 0 Å². The number of anilines is 1. The average Bonchev–Trinajstić information content (AvgIpc) is 3.75. The summed E-state index contributed by atoms with van der Waals surface area (Å²) in [6, 6.07) is 0.705. The number of nitrogen functional groups attached to an aromatic ring is 1. The van der Waals surface area contributed by atoms with E-state index in [1.54, 1.807) is 15.6 Å². The molecule has 42 heavy (non-hydrogen) atoms. The van der Waals surface area contributed by atoms with E-state index in [1.807, 2.05) is 0 Å². The van der Waals surface area contributed by atoms with Crippen LogP contribution in [0, 0.1) is 20.2 Å². The number of rotatable bonds is 5. The predicted octanol–water partition coefficient (Wildman–Crippen LogP) is 4.41. The number of nitrogens with zero attached hydrogens (tertiary/aromatic N) is 8. The van der Waals surface area contributed by atoms with Crippen LogP contribution in [0.2, 0.25) is 10.3 Å². The van der Waals surface area contributed by atoms with E-state index in [0.29, 0.717) is 43.3 Å². The largest absolute Gasteiger partial charge is 0.395 e. The minimum Gasteiger partial charge on any atom is -0.395 e. The highest BCUT2D eigenvalue weighted by Gasteiger charge is 2.25. The molecule has 0 saturated carbocycles. The molecule has 6 heterocycles. The third kappa shape index (κ3) is 8.16. The van der Waals surface area contributed by atoms with Crippen molar-refractivity contribution in [1.29, 1.82) is 0 Å². The summed E-state index contributed by atoms with van der Waals surface area (Å²) in [5, 5.41) is 33.7. The van der Waals surface area contributed by atoms with Crippen LogP contribution in [-0.2, 0) is 14.2 Å². The number of nitro groups is 2. The Morgan fingerprint density at radius 2 is 1.19 bits per heavy atom. The van der Waals surface area contributed by atoms with Gasteiger partial charge in [-0.3, -0.25) is 24.9 Å². The van der Waals surface area contributed by atoms with Crippen molar-refractivity contribution < 1.29 is 24.1 Å². The van der Waals surface area contributed by atoms with E-state index in [4.69, 9.17) is 43.1 Å². The first-order valence-electron chi connectivity index (χ1n) is 13.5. The van der Waals surface area contributed by atoms with Gasteiger partial charge in [0.25, 0.3) is 0 Å². The maximum atomic E-state index is 10.6. The molecule has 3 aromatic heterocycles. The fraction of sp³-hybridized carbons (Fsp3) is 0.625. The normalized spacial score (nSPS) is 18.4. The Morgan fingerprint density at radius 3 is 1.60 bits per heavy atom. The molecule has 0 amide bonds. The Balaban J connectivity index is 0.000000145. The van der Waals surface area contributed by atoms with Crippen molar-refractivity contribution in [3.8, 4) is 0 Å². The van der Waals surface area contributed by atoms with Crippen LogP contribution in [0.15, 0.2) is 24.8 Å². The lowest BCUT2D eigenvalue weighted by atomic mass is 10.1.